The molecule has 0 bridgehead atoms. The molecule has 1 aromatic heterocycles. The molecular formula is C20H18N2O6. The van der Waals surface area contributed by atoms with Gasteiger partial charge in [-0.3, -0.25) is 14.3 Å². The van der Waals surface area contributed by atoms with E-state index in [1.807, 2.05) is 6.07 Å². The van der Waals surface area contributed by atoms with Crippen molar-refractivity contribution in [2.24, 2.45) is 0 Å². The second kappa shape index (κ2) is 8.26. The zero-order chi connectivity index (χ0) is 20.1. The molecule has 3 N–H and O–H groups in total. The molecule has 0 saturated carbocycles. The number of benzene rings is 1. The van der Waals surface area contributed by atoms with Crippen LogP contribution in [0.15, 0.2) is 52.2 Å². The Kier molecular flexibility index (Phi) is 5.78. The molecule has 4 atom stereocenters. The molecule has 28 heavy (non-hydrogen) atoms. The van der Waals surface area contributed by atoms with Crippen molar-refractivity contribution in [1.29, 1.82) is 0 Å². The Morgan fingerprint density at radius 1 is 1.29 bits per heavy atom. The molecular weight excluding hydrogens is 364 g/mol. The van der Waals surface area contributed by atoms with Gasteiger partial charge in [0, 0.05) is 17.8 Å². The molecule has 8 nitrogen and oxygen atoms in total. The normalized spacial score (nSPS) is 26.2. The van der Waals surface area contributed by atoms with Gasteiger partial charge in [-0.25, -0.2) is 4.79 Å². The zero-order valence-corrected chi connectivity index (χ0v) is 14.7. The van der Waals surface area contributed by atoms with Gasteiger partial charge >= 0.3 is 5.69 Å². The molecule has 1 aliphatic heterocycles. The molecule has 3 rings (SSSR count). The van der Waals surface area contributed by atoms with Crippen molar-refractivity contribution >= 4 is 0 Å². The second-order valence-electron chi connectivity index (χ2n) is 6.06. The summed E-state index contributed by atoms with van der Waals surface area (Å²) in [4.78, 5) is 25.5. The highest BCUT2D eigenvalue weighted by Crippen LogP contribution is 2.39. The Hall–Kier alpha value is -3.14. The zero-order valence-electron chi connectivity index (χ0n) is 14.7. The second-order valence-corrected chi connectivity index (χ2v) is 6.06. The fourth-order valence-corrected chi connectivity index (χ4v) is 2.99. The summed E-state index contributed by atoms with van der Waals surface area (Å²) in [6, 6.07) is 10.1. The highest BCUT2D eigenvalue weighted by molar-refractivity contribution is 5.38. The van der Waals surface area contributed by atoms with Crippen LogP contribution in [0.5, 0.6) is 0 Å². The number of aliphatic hydroxyl groups excluding tert-OH is 2. The molecule has 1 aromatic carbocycles. The third-order valence-electron chi connectivity index (χ3n) is 4.35. The number of aromatic amines is 1. The lowest BCUT2D eigenvalue weighted by molar-refractivity contribution is -0.0898. The summed E-state index contributed by atoms with van der Waals surface area (Å²) in [5.74, 6) is 8.03. The molecule has 1 fully saturated rings. The van der Waals surface area contributed by atoms with E-state index in [0.29, 0.717) is 5.56 Å². The minimum Gasteiger partial charge on any atom is -0.394 e. The Morgan fingerprint density at radius 2 is 2.04 bits per heavy atom. The van der Waals surface area contributed by atoms with E-state index in [1.165, 1.54) is 6.20 Å². The predicted molar refractivity (Wildman–Crippen MR) is 99.2 cm³/mol. The van der Waals surface area contributed by atoms with E-state index in [9.17, 15) is 19.8 Å². The van der Waals surface area contributed by atoms with Crippen LogP contribution >= 0.6 is 0 Å². The van der Waals surface area contributed by atoms with E-state index in [4.69, 9.17) is 15.9 Å². The topological polar surface area (TPSA) is 114 Å². The monoisotopic (exact) mass is 382 g/mol. The number of nitrogens with zero attached hydrogens (tertiary/aromatic N) is 1. The highest BCUT2D eigenvalue weighted by Gasteiger charge is 2.57. The third kappa shape index (κ3) is 3.63. The molecule has 1 aliphatic rings. The van der Waals surface area contributed by atoms with Crippen LogP contribution < -0.4 is 11.2 Å². The standard InChI is InChI=1S/C20H18N2O6/c1-2-12-27-20(10-8-14-6-4-3-5-7-14)15(13-23)28-18(17(20)25)22-11-9-16(24)21-19(22)26/h1,3-7,9,11,15,17-18,23,25H,12-13H2,(H,21,24,26)/t15-,17+,18-,20-/m1/s1. The first-order valence-corrected chi connectivity index (χ1v) is 8.43. The maximum Gasteiger partial charge on any atom is 0.330 e. The molecule has 0 unspecified atom stereocenters. The molecule has 0 aliphatic carbocycles. The van der Waals surface area contributed by atoms with Gasteiger partial charge in [-0.05, 0) is 12.1 Å². The van der Waals surface area contributed by atoms with Crippen LogP contribution in [0.2, 0.25) is 0 Å². The number of aliphatic hydroxyl groups is 2. The van der Waals surface area contributed by atoms with Crippen LogP contribution in [0.3, 0.4) is 0 Å². The largest absolute Gasteiger partial charge is 0.394 e. The summed E-state index contributed by atoms with van der Waals surface area (Å²) < 4.78 is 12.3. The minimum atomic E-state index is -1.68. The van der Waals surface area contributed by atoms with Crippen molar-refractivity contribution in [2.45, 2.75) is 24.0 Å². The third-order valence-corrected chi connectivity index (χ3v) is 4.35. The molecule has 0 radical (unpaired) electrons. The lowest BCUT2D eigenvalue weighted by Crippen LogP contribution is -2.51. The van der Waals surface area contributed by atoms with E-state index >= 15 is 0 Å². The number of rotatable bonds is 4. The molecule has 2 heterocycles. The fourth-order valence-electron chi connectivity index (χ4n) is 2.99. The van der Waals surface area contributed by atoms with Crippen LogP contribution in [0.25, 0.3) is 0 Å². The number of ether oxygens (including phenoxy) is 2. The predicted octanol–water partition coefficient (Wildman–Crippen LogP) is -0.773. The van der Waals surface area contributed by atoms with Crippen LogP contribution in [0.1, 0.15) is 11.8 Å². The number of terminal acetylenes is 1. The summed E-state index contributed by atoms with van der Waals surface area (Å²) in [7, 11) is 0. The summed E-state index contributed by atoms with van der Waals surface area (Å²) in [6.45, 7) is -0.743. The molecule has 144 valence electrons. The SMILES string of the molecule is C#CCO[C@]1(C#Cc2ccccc2)[C@@H](CO)O[C@@H](n2ccc(=O)[nH]c2=O)[C@@H]1O. The Labute approximate surface area is 160 Å². The average Bonchev–Trinajstić information content (AvgIpc) is 2.98. The average molecular weight is 382 g/mol. The van der Waals surface area contributed by atoms with Crippen LogP contribution in [-0.2, 0) is 9.47 Å². The quantitative estimate of drug-likeness (QED) is 0.599. The van der Waals surface area contributed by atoms with Gasteiger partial charge in [-0.2, -0.15) is 0 Å². The first-order chi connectivity index (χ1) is 13.5. The van der Waals surface area contributed by atoms with Crippen molar-refractivity contribution in [2.75, 3.05) is 13.2 Å². The molecule has 1 saturated heterocycles. The smallest absolute Gasteiger partial charge is 0.330 e. The number of H-pyrrole nitrogens is 1. The Morgan fingerprint density at radius 3 is 2.68 bits per heavy atom. The van der Waals surface area contributed by atoms with Gasteiger partial charge in [0.2, 0.25) is 0 Å². The van der Waals surface area contributed by atoms with Crippen molar-refractivity contribution in [3.63, 3.8) is 0 Å². The van der Waals surface area contributed by atoms with Gasteiger partial charge in [-0.1, -0.05) is 36.0 Å². The summed E-state index contributed by atoms with van der Waals surface area (Å²) in [5.41, 5.74) is -2.40. The van der Waals surface area contributed by atoms with E-state index in [2.05, 4.69) is 22.7 Å². The Balaban J connectivity index is 2.07. The lowest BCUT2D eigenvalue weighted by Gasteiger charge is -2.30. The van der Waals surface area contributed by atoms with Crippen molar-refractivity contribution in [3.8, 4) is 24.2 Å². The van der Waals surface area contributed by atoms with Gasteiger partial charge in [0.25, 0.3) is 5.56 Å². The van der Waals surface area contributed by atoms with Gasteiger partial charge in [0.05, 0.1) is 6.61 Å². The van der Waals surface area contributed by atoms with E-state index in [0.717, 1.165) is 10.6 Å². The van der Waals surface area contributed by atoms with E-state index in [1.54, 1.807) is 24.3 Å². The first kappa shape index (κ1) is 19.6. The van der Waals surface area contributed by atoms with Crippen LogP contribution in [0.4, 0.5) is 0 Å². The first-order valence-electron chi connectivity index (χ1n) is 8.43. The number of nitrogens with one attached hydrogen (secondary N) is 1. The summed E-state index contributed by atoms with van der Waals surface area (Å²) in [6.07, 6.45) is 2.67. The van der Waals surface area contributed by atoms with Crippen LogP contribution in [-0.4, -0.2) is 50.8 Å². The van der Waals surface area contributed by atoms with Crippen molar-refractivity contribution < 1.29 is 19.7 Å². The van der Waals surface area contributed by atoms with Gasteiger partial charge < -0.3 is 19.7 Å². The van der Waals surface area contributed by atoms with Gasteiger partial charge in [-0.15, -0.1) is 6.42 Å². The fraction of sp³-hybridized carbons (Fsp3) is 0.300. The molecule has 0 amide bonds. The summed E-state index contributed by atoms with van der Waals surface area (Å²) >= 11 is 0. The van der Waals surface area contributed by atoms with Crippen LogP contribution in [0, 0.1) is 24.2 Å². The maximum absolute atomic E-state index is 12.1. The summed E-state index contributed by atoms with van der Waals surface area (Å²) in [5, 5.41) is 20.8. The van der Waals surface area contributed by atoms with Gasteiger partial charge in [0.1, 0.15) is 18.8 Å². The van der Waals surface area contributed by atoms with Crippen molar-refractivity contribution in [1.82, 2.24) is 9.55 Å². The molecule has 8 heteroatoms. The van der Waals surface area contributed by atoms with E-state index < -0.39 is 41.9 Å². The van der Waals surface area contributed by atoms with Gasteiger partial charge in [0.15, 0.2) is 11.8 Å². The maximum atomic E-state index is 12.1. The molecule has 2 aromatic rings. The lowest BCUT2D eigenvalue weighted by atomic mass is 9.92. The number of hydrogen-bond donors (Lipinski definition) is 3. The highest BCUT2D eigenvalue weighted by atomic mass is 16.6. The van der Waals surface area contributed by atoms with E-state index in [-0.39, 0.29) is 6.61 Å². The Bertz CT molecular complexity index is 1040. The molecule has 0 spiro atoms. The van der Waals surface area contributed by atoms with Crippen molar-refractivity contribution in [3.05, 3.63) is 69.0 Å². The number of aromatic nitrogens is 2. The number of hydrogen-bond acceptors (Lipinski definition) is 6. The minimum absolute atomic E-state index is 0.201.